The fourth-order valence-corrected chi connectivity index (χ4v) is 2.33. The Morgan fingerprint density at radius 2 is 2.08 bits per heavy atom. The van der Waals surface area contributed by atoms with Crippen LogP contribution in [0.15, 0.2) is 52.7 Å². The fourth-order valence-electron chi connectivity index (χ4n) is 2.33. The Morgan fingerprint density at radius 3 is 2.75 bits per heavy atom. The van der Waals surface area contributed by atoms with Crippen molar-refractivity contribution in [3.05, 3.63) is 65.1 Å². The molecule has 0 aliphatic rings. The highest BCUT2D eigenvalue weighted by atomic mass is 16.3. The van der Waals surface area contributed by atoms with Gasteiger partial charge < -0.3 is 14.6 Å². The second-order valence-corrected chi connectivity index (χ2v) is 5.75. The molecule has 0 saturated carbocycles. The molecule has 1 aromatic heterocycles. The third kappa shape index (κ3) is 5.41. The molecule has 1 amide bonds. The van der Waals surface area contributed by atoms with Gasteiger partial charge in [-0.1, -0.05) is 24.3 Å². The van der Waals surface area contributed by atoms with Gasteiger partial charge in [-0.3, -0.25) is 4.79 Å². The van der Waals surface area contributed by atoms with Crippen molar-refractivity contribution in [2.24, 2.45) is 0 Å². The van der Waals surface area contributed by atoms with Crippen LogP contribution in [-0.4, -0.2) is 31.4 Å². The van der Waals surface area contributed by atoms with Crippen molar-refractivity contribution in [2.75, 3.05) is 20.6 Å². The van der Waals surface area contributed by atoms with Crippen LogP contribution in [0.3, 0.4) is 0 Å². The van der Waals surface area contributed by atoms with Crippen molar-refractivity contribution in [2.45, 2.75) is 13.0 Å². The molecule has 124 valence electrons. The molecule has 0 spiro atoms. The minimum absolute atomic E-state index is 0.0336. The van der Waals surface area contributed by atoms with Gasteiger partial charge in [-0.05, 0) is 43.8 Å². The molecule has 1 aromatic carbocycles. The predicted octanol–water partition coefficient (Wildman–Crippen LogP) is 2.61. The summed E-state index contributed by atoms with van der Waals surface area (Å²) >= 11 is 0. The van der Waals surface area contributed by atoms with E-state index in [4.69, 9.17) is 9.68 Å². The monoisotopic (exact) mass is 323 g/mol. The largest absolute Gasteiger partial charge is 0.465 e. The van der Waals surface area contributed by atoms with Crippen LogP contribution in [0.4, 0.5) is 0 Å². The topological polar surface area (TPSA) is 69.3 Å². The normalized spacial score (nSPS) is 11.3. The number of nitrogens with one attached hydrogen (secondary N) is 1. The molecule has 2 aromatic rings. The van der Waals surface area contributed by atoms with E-state index in [1.807, 2.05) is 32.3 Å². The van der Waals surface area contributed by atoms with E-state index in [0.717, 1.165) is 12.1 Å². The Morgan fingerprint density at radius 1 is 1.29 bits per heavy atom. The van der Waals surface area contributed by atoms with Gasteiger partial charge >= 0.3 is 0 Å². The molecule has 0 radical (unpaired) electrons. The first kappa shape index (κ1) is 17.5. The Labute approximate surface area is 142 Å². The zero-order valence-electron chi connectivity index (χ0n) is 14.0. The van der Waals surface area contributed by atoms with Gasteiger partial charge in [0.1, 0.15) is 17.4 Å². The number of benzene rings is 1. The van der Waals surface area contributed by atoms with Crippen molar-refractivity contribution in [3.8, 4) is 6.07 Å². The standard InChI is InChI=1S/C19H21N3O2/c1-22(2)14-16-6-3-5-15(11-16)8-9-21-19(23)17(13-20)12-18-7-4-10-24-18/h3-7,10-12H,8-9,14H2,1-2H3,(H,21,23)/b17-12-. The lowest BCUT2D eigenvalue weighted by Gasteiger charge is -2.11. The summed E-state index contributed by atoms with van der Waals surface area (Å²) in [6.45, 7) is 1.35. The third-order valence-corrected chi connectivity index (χ3v) is 3.38. The number of rotatable bonds is 7. The lowest BCUT2D eigenvalue weighted by molar-refractivity contribution is -0.117. The summed E-state index contributed by atoms with van der Waals surface area (Å²) in [5.41, 5.74) is 2.42. The molecule has 0 saturated heterocycles. The highest BCUT2D eigenvalue weighted by Crippen LogP contribution is 2.09. The van der Waals surface area contributed by atoms with Crippen molar-refractivity contribution >= 4 is 12.0 Å². The first-order valence-corrected chi connectivity index (χ1v) is 7.74. The van der Waals surface area contributed by atoms with Crippen LogP contribution < -0.4 is 5.32 Å². The van der Waals surface area contributed by atoms with Crippen LogP contribution in [0.25, 0.3) is 6.08 Å². The number of carbonyl (C=O) groups is 1. The number of amides is 1. The number of furan rings is 1. The average Bonchev–Trinajstić information content (AvgIpc) is 3.05. The lowest BCUT2D eigenvalue weighted by atomic mass is 10.1. The average molecular weight is 323 g/mol. The van der Waals surface area contributed by atoms with Crippen LogP contribution >= 0.6 is 0 Å². The molecule has 2 rings (SSSR count). The summed E-state index contributed by atoms with van der Waals surface area (Å²) in [6.07, 6.45) is 3.65. The van der Waals surface area contributed by atoms with Gasteiger partial charge in [0.25, 0.3) is 5.91 Å². The molecule has 5 nitrogen and oxygen atoms in total. The Kier molecular flexibility index (Phi) is 6.35. The summed E-state index contributed by atoms with van der Waals surface area (Å²) in [4.78, 5) is 14.2. The molecule has 0 aliphatic heterocycles. The van der Waals surface area contributed by atoms with Crippen LogP contribution in [0.2, 0.25) is 0 Å². The molecule has 0 fully saturated rings. The van der Waals surface area contributed by atoms with E-state index < -0.39 is 5.91 Å². The van der Waals surface area contributed by atoms with E-state index in [9.17, 15) is 4.79 Å². The maximum atomic E-state index is 12.1. The predicted molar refractivity (Wildman–Crippen MR) is 92.8 cm³/mol. The highest BCUT2D eigenvalue weighted by Gasteiger charge is 2.09. The zero-order valence-corrected chi connectivity index (χ0v) is 14.0. The molecule has 5 heteroatoms. The van der Waals surface area contributed by atoms with E-state index in [2.05, 4.69) is 22.3 Å². The molecule has 0 atom stereocenters. The van der Waals surface area contributed by atoms with Crippen molar-refractivity contribution in [3.63, 3.8) is 0 Å². The van der Waals surface area contributed by atoms with Gasteiger partial charge in [0.15, 0.2) is 0 Å². The van der Waals surface area contributed by atoms with Gasteiger partial charge in [-0.25, -0.2) is 0 Å². The number of nitrogens with zero attached hydrogens (tertiary/aromatic N) is 2. The lowest BCUT2D eigenvalue weighted by Crippen LogP contribution is -2.26. The summed E-state index contributed by atoms with van der Waals surface area (Å²) in [7, 11) is 4.06. The van der Waals surface area contributed by atoms with Gasteiger partial charge in [0, 0.05) is 19.2 Å². The minimum atomic E-state index is -0.390. The van der Waals surface area contributed by atoms with Crippen molar-refractivity contribution in [1.29, 1.82) is 5.26 Å². The zero-order chi connectivity index (χ0) is 17.4. The van der Waals surface area contributed by atoms with Crippen molar-refractivity contribution in [1.82, 2.24) is 10.2 Å². The van der Waals surface area contributed by atoms with Gasteiger partial charge in [0.2, 0.25) is 0 Å². The molecule has 0 unspecified atom stereocenters. The van der Waals surface area contributed by atoms with Crippen LogP contribution in [0.1, 0.15) is 16.9 Å². The summed E-state index contributed by atoms with van der Waals surface area (Å²) in [5.74, 6) is 0.0939. The highest BCUT2D eigenvalue weighted by molar-refractivity contribution is 6.01. The minimum Gasteiger partial charge on any atom is -0.465 e. The first-order chi connectivity index (χ1) is 11.6. The number of hydrogen-bond acceptors (Lipinski definition) is 4. The molecule has 0 bridgehead atoms. The maximum absolute atomic E-state index is 12.1. The SMILES string of the molecule is CN(C)Cc1cccc(CCNC(=O)/C(C#N)=C\c2ccco2)c1. The van der Waals surface area contributed by atoms with Crippen LogP contribution in [-0.2, 0) is 17.8 Å². The summed E-state index contributed by atoms with van der Waals surface area (Å²) in [6, 6.07) is 13.6. The molecule has 0 aliphatic carbocycles. The van der Waals surface area contributed by atoms with Crippen LogP contribution in [0, 0.1) is 11.3 Å². The number of hydrogen-bond donors (Lipinski definition) is 1. The third-order valence-electron chi connectivity index (χ3n) is 3.38. The second-order valence-electron chi connectivity index (χ2n) is 5.75. The molecule has 1 heterocycles. The second kappa shape index (κ2) is 8.70. The Hall–Kier alpha value is -2.84. The molecule has 24 heavy (non-hydrogen) atoms. The molecule has 1 N–H and O–H groups in total. The van der Waals surface area contributed by atoms with E-state index in [-0.39, 0.29) is 5.57 Å². The van der Waals surface area contributed by atoms with E-state index >= 15 is 0 Å². The quantitative estimate of drug-likeness (QED) is 0.628. The Bertz CT molecular complexity index is 740. The summed E-state index contributed by atoms with van der Waals surface area (Å²) < 4.78 is 5.12. The smallest absolute Gasteiger partial charge is 0.262 e. The first-order valence-electron chi connectivity index (χ1n) is 7.74. The van der Waals surface area contributed by atoms with Crippen LogP contribution in [0.5, 0.6) is 0 Å². The number of nitriles is 1. The fraction of sp³-hybridized carbons (Fsp3) is 0.263. The van der Waals surface area contributed by atoms with E-state index in [1.165, 1.54) is 17.9 Å². The van der Waals surface area contributed by atoms with Gasteiger partial charge in [-0.2, -0.15) is 5.26 Å². The Balaban J connectivity index is 1.89. The van der Waals surface area contributed by atoms with E-state index in [0.29, 0.717) is 18.7 Å². The van der Waals surface area contributed by atoms with Crippen molar-refractivity contribution < 1.29 is 9.21 Å². The summed E-state index contributed by atoms with van der Waals surface area (Å²) in [5, 5.41) is 11.9. The van der Waals surface area contributed by atoms with Gasteiger partial charge in [0.05, 0.1) is 6.26 Å². The molecular weight excluding hydrogens is 302 g/mol. The van der Waals surface area contributed by atoms with Gasteiger partial charge in [-0.15, -0.1) is 0 Å². The number of carbonyl (C=O) groups excluding carboxylic acids is 1. The maximum Gasteiger partial charge on any atom is 0.262 e. The van der Waals surface area contributed by atoms with E-state index in [1.54, 1.807) is 12.1 Å². The molecular formula is C19H21N3O2.